The number of likely N-dealkylation sites (tertiary alicyclic amines) is 1. The Hall–Kier alpha value is -3.48. The van der Waals surface area contributed by atoms with Crippen LogP contribution in [0.4, 0.5) is 0 Å². The van der Waals surface area contributed by atoms with E-state index in [-0.39, 0.29) is 5.91 Å². The number of carbonyl (C=O) groups is 1. The molecule has 0 spiro atoms. The predicted molar refractivity (Wildman–Crippen MR) is 110 cm³/mol. The minimum atomic E-state index is 0.0225. The smallest absolute Gasteiger partial charge is 0.272 e. The Kier molecular flexibility index (Phi) is 4.35. The molecule has 1 aromatic carbocycles. The van der Waals surface area contributed by atoms with E-state index in [4.69, 9.17) is 0 Å². The van der Waals surface area contributed by atoms with Gasteiger partial charge < -0.3 is 4.90 Å². The molecule has 0 unspecified atom stereocenters. The molecule has 1 amide bonds. The topological polar surface area (TPSA) is 79.2 Å². The summed E-state index contributed by atoms with van der Waals surface area (Å²) >= 11 is 0. The molecule has 1 saturated heterocycles. The number of hydrogen-bond donors (Lipinski definition) is 1. The van der Waals surface area contributed by atoms with Crippen molar-refractivity contribution in [2.24, 2.45) is 0 Å². The van der Waals surface area contributed by atoms with Crippen LogP contribution in [0.25, 0.3) is 16.9 Å². The van der Waals surface area contributed by atoms with Crippen LogP contribution >= 0.6 is 0 Å². The lowest BCUT2D eigenvalue weighted by Crippen LogP contribution is -2.38. The molecule has 0 radical (unpaired) electrons. The molecule has 4 heterocycles. The van der Waals surface area contributed by atoms with Crippen LogP contribution < -0.4 is 0 Å². The quantitative estimate of drug-likeness (QED) is 0.585. The highest BCUT2D eigenvalue weighted by Gasteiger charge is 2.29. The average Bonchev–Trinajstić information content (AvgIpc) is 3.38. The summed E-state index contributed by atoms with van der Waals surface area (Å²) in [5.74, 6) is 0.948. The average molecular weight is 386 g/mol. The van der Waals surface area contributed by atoms with E-state index in [0.717, 1.165) is 24.1 Å². The molecule has 5 rings (SSSR count). The van der Waals surface area contributed by atoms with Crippen LogP contribution in [-0.4, -0.2) is 48.5 Å². The first-order valence-corrected chi connectivity index (χ1v) is 9.90. The van der Waals surface area contributed by atoms with Crippen molar-refractivity contribution in [2.45, 2.75) is 25.7 Å². The molecule has 1 aliphatic heterocycles. The molecule has 7 nitrogen and oxygen atoms in total. The highest BCUT2D eigenvalue weighted by atomic mass is 16.2. The standard InChI is InChI=1S/C22H22N6O/c1-15-20(28-11-5-10-23-22(28)25-15)21(29)27-12-8-17(9-13-27)19-18(14-24-26-19)16-6-3-2-4-7-16/h2-7,10-11,14,17H,8-9,12-13H2,1H3,(H,24,26). The van der Waals surface area contributed by atoms with Crippen LogP contribution in [0.2, 0.25) is 0 Å². The lowest BCUT2D eigenvalue weighted by Gasteiger charge is -2.32. The zero-order chi connectivity index (χ0) is 19.8. The second-order valence-electron chi connectivity index (χ2n) is 7.47. The van der Waals surface area contributed by atoms with Crippen molar-refractivity contribution in [3.05, 3.63) is 72.1 Å². The Labute approximate surface area is 168 Å². The van der Waals surface area contributed by atoms with Gasteiger partial charge in [-0.3, -0.25) is 14.3 Å². The normalized spacial score (nSPS) is 15.1. The van der Waals surface area contributed by atoms with Gasteiger partial charge in [0.2, 0.25) is 5.78 Å². The van der Waals surface area contributed by atoms with Crippen molar-refractivity contribution >= 4 is 11.7 Å². The first kappa shape index (κ1) is 17.6. The summed E-state index contributed by atoms with van der Waals surface area (Å²) in [7, 11) is 0. The van der Waals surface area contributed by atoms with Gasteiger partial charge in [-0.1, -0.05) is 30.3 Å². The summed E-state index contributed by atoms with van der Waals surface area (Å²) in [6.07, 6.45) is 7.25. The molecule has 1 aliphatic rings. The lowest BCUT2D eigenvalue weighted by molar-refractivity contribution is 0.0704. The number of piperidine rings is 1. The SMILES string of the molecule is Cc1nc2ncccn2c1C(=O)N1CCC(c2[nH]ncc2-c2ccccc2)CC1. The van der Waals surface area contributed by atoms with Gasteiger partial charge in [-0.15, -0.1) is 0 Å². The highest BCUT2D eigenvalue weighted by molar-refractivity contribution is 5.94. The summed E-state index contributed by atoms with van der Waals surface area (Å²) in [6, 6.07) is 12.1. The number of aromatic nitrogens is 5. The largest absolute Gasteiger partial charge is 0.337 e. The van der Waals surface area contributed by atoms with Gasteiger partial charge in [0.15, 0.2) is 0 Å². The van der Waals surface area contributed by atoms with Gasteiger partial charge >= 0.3 is 0 Å². The first-order valence-electron chi connectivity index (χ1n) is 9.90. The van der Waals surface area contributed by atoms with Crippen molar-refractivity contribution in [1.82, 2.24) is 29.5 Å². The number of aryl methyl sites for hydroxylation is 1. The van der Waals surface area contributed by atoms with Crippen LogP contribution in [0, 0.1) is 6.92 Å². The Morgan fingerprint density at radius 1 is 1.14 bits per heavy atom. The van der Waals surface area contributed by atoms with E-state index >= 15 is 0 Å². The number of amides is 1. The van der Waals surface area contributed by atoms with Crippen molar-refractivity contribution < 1.29 is 4.79 Å². The van der Waals surface area contributed by atoms with Crippen LogP contribution in [-0.2, 0) is 0 Å². The van der Waals surface area contributed by atoms with E-state index in [9.17, 15) is 4.79 Å². The third-order valence-corrected chi connectivity index (χ3v) is 5.72. The third-order valence-electron chi connectivity index (χ3n) is 5.72. The van der Waals surface area contributed by atoms with Crippen molar-refractivity contribution in [1.29, 1.82) is 0 Å². The molecule has 3 aromatic heterocycles. The molecule has 1 N–H and O–H groups in total. The van der Waals surface area contributed by atoms with Crippen LogP contribution in [0.5, 0.6) is 0 Å². The van der Waals surface area contributed by atoms with E-state index in [1.165, 1.54) is 11.3 Å². The molecular weight excluding hydrogens is 364 g/mol. The fraction of sp³-hybridized carbons (Fsp3) is 0.273. The number of fused-ring (bicyclic) bond motifs is 1. The van der Waals surface area contributed by atoms with Crippen molar-refractivity contribution in [2.75, 3.05) is 13.1 Å². The molecule has 146 valence electrons. The number of benzene rings is 1. The Bertz CT molecular complexity index is 1150. The van der Waals surface area contributed by atoms with Gasteiger partial charge in [-0.2, -0.15) is 5.10 Å². The van der Waals surface area contributed by atoms with Gasteiger partial charge in [-0.25, -0.2) is 9.97 Å². The molecule has 4 aromatic rings. The van der Waals surface area contributed by atoms with E-state index in [0.29, 0.717) is 30.5 Å². The van der Waals surface area contributed by atoms with Crippen molar-refractivity contribution in [3.63, 3.8) is 0 Å². The number of rotatable bonds is 3. The second kappa shape index (κ2) is 7.16. The molecule has 0 saturated carbocycles. The number of carbonyl (C=O) groups excluding carboxylic acids is 1. The van der Waals surface area contributed by atoms with Crippen LogP contribution in [0.1, 0.15) is 40.6 Å². The van der Waals surface area contributed by atoms with Gasteiger partial charge in [-0.05, 0) is 31.4 Å². The van der Waals surface area contributed by atoms with Gasteiger partial charge in [0, 0.05) is 42.7 Å². The Morgan fingerprint density at radius 3 is 2.72 bits per heavy atom. The lowest BCUT2D eigenvalue weighted by atomic mass is 9.89. The third kappa shape index (κ3) is 3.08. The van der Waals surface area contributed by atoms with Gasteiger partial charge in [0.05, 0.1) is 11.9 Å². The number of nitrogens with zero attached hydrogens (tertiary/aromatic N) is 5. The zero-order valence-electron chi connectivity index (χ0n) is 16.2. The van der Waals surface area contributed by atoms with E-state index in [2.05, 4.69) is 32.3 Å². The zero-order valence-corrected chi connectivity index (χ0v) is 16.2. The van der Waals surface area contributed by atoms with E-state index < -0.39 is 0 Å². The van der Waals surface area contributed by atoms with Crippen LogP contribution in [0.3, 0.4) is 0 Å². The highest BCUT2D eigenvalue weighted by Crippen LogP contribution is 2.34. The van der Waals surface area contributed by atoms with Crippen molar-refractivity contribution in [3.8, 4) is 11.1 Å². The predicted octanol–water partition coefficient (Wildman–Crippen LogP) is 3.45. The van der Waals surface area contributed by atoms with E-state index in [1.807, 2.05) is 48.5 Å². The number of nitrogens with one attached hydrogen (secondary N) is 1. The molecule has 1 fully saturated rings. The molecule has 7 heteroatoms. The fourth-order valence-corrected chi connectivity index (χ4v) is 4.23. The molecule has 29 heavy (non-hydrogen) atoms. The summed E-state index contributed by atoms with van der Waals surface area (Å²) in [4.78, 5) is 23.8. The number of hydrogen-bond acceptors (Lipinski definition) is 4. The minimum Gasteiger partial charge on any atom is -0.337 e. The van der Waals surface area contributed by atoms with Crippen LogP contribution in [0.15, 0.2) is 55.0 Å². The number of imidazole rings is 1. The maximum Gasteiger partial charge on any atom is 0.272 e. The molecule has 0 atom stereocenters. The van der Waals surface area contributed by atoms with Gasteiger partial charge in [0.1, 0.15) is 5.69 Å². The maximum absolute atomic E-state index is 13.2. The second-order valence-corrected chi connectivity index (χ2v) is 7.47. The first-order chi connectivity index (χ1) is 14.2. The summed E-state index contributed by atoms with van der Waals surface area (Å²) < 4.78 is 1.78. The molecular formula is C22H22N6O. The van der Waals surface area contributed by atoms with E-state index in [1.54, 1.807) is 10.6 Å². The number of aromatic amines is 1. The summed E-state index contributed by atoms with van der Waals surface area (Å²) in [5, 5.41) is 7.49. The maximum atomic E-state index is 13.2. The molecule has 0 aliphatic carbocycles. The molecule has 0 bridgehead atoms. The summed E-state index contributed by atoms with van der Waals surface area (Å²) in [6.45, 7) is 3.29. The fourth-order valence-electron chi connectivity index (χ4n) is 4.23. The minimum absolute atomic E-state index is 0.0225. The Balaban J connectivity index is 1.34. The van der Waals surface area contributed by atoms with Gasteiger partial charge in [0.25, 0.3) is 5.91 Å². The Morgan fingerprint density at radius 2 is 1.93 bits per heavy atom. The monoisotopic (exact) mass is 386 g/mol. The summed E-state index contributed by atoms with van der Waals surface area (Å²) in [5.41, 5.74) is 4.81. The number of H-pyrrole nitrogens is 1.